The van der Waals surface area contributed by atoms with Gasteiger partial charge in [-0.2, -0.15) is 4.98 Å². The minimum Gasteiger partial charge on any atom is -0.492 e. The summed E-state index contributed by atoms with van der Waals surface area (Å²) in [4.78, 5) is 10.6. The van der Waals surface area contributed by atoms with Crippen molar-refractivity contribution in [1.82, 2.24) is 14.9 Å². The average Bonchev–Trinajstić information content (AvgIpc) is 3.30. The van der Waals surface area contributed by atoms with Crippen molar-refractivity contribution >= 4 is 38.9 Å². The van der Waals surface area contributed by atoms with Crippen molar-refractivity contribution in [3.8, 4) is 5.75 Å². The van der Waals surface area contributed by atoms with Crippen molar-refractivity contribution in [3.63, 3.8) is 0 Å². The molecule has 0 amide bonds. The quantitative estimate of drug-likeness (QED) is 0.395. The van der Waals surface area contributed by atoms with E-state index in [-0.39, 0.29) is 17.5 Å². The molecule has 1 aromatic heterocycles. The fourth-order valence-electron chi connectivity index (χ4n) is 3.61. The molecule has 0 spiro atoms. The van der Waals surface area contributed by atoms with Crippen LogP contribution in [0, 0.1) is 5.82 Å². The minimum atomic E-state index is -3.51. The number of ether oxygens (including phenoxy) is 1. The highest BCUT2D eigenvalue weighted by Gasteiger charge is 2.13. The first-order valence-electron chi connectivity index (χ1n) is 10.9. The number of benzene rings is 2. The molecule has 2 heterocycles. The van der Waals surface area contributed by atoms with Gasteiger partial charge in [0.25, 0.3) is 0 Å². The van der Waals surface area contributed by atoms with Gasteiger partial charge in [-0.1, -0.05) is 18.2 Å². The van der Waals surface area contributed by atoms with E-state index in [1.165, 1.54) is 12.8 Å². The Kier molecular flexibility index (Phi) is 7.43. The number of anilines is 5. The molecule has 1 aliphatic rings. The Bertz CT molecular complexity index is 1230. The molecule has 34 heavy (non-hydrogen) atoms. The van der Waals surface area contributed by atoms with Crippen molar-refractivity contribution in [2.24, 2.45) is 0 Å². The third kappa shape index (κ3) is 6.78. The summed E-state index contributed by atoms with van der Waals surface area (Å²) in [6.45, 7) is 3.74. The van der Waals surface area contributed by atoms with Gasteiger partial charge in [-0.25, -0.2) is 17.8 Å². The third-order valence-electron chi connectivity index (χ3n) is 5.18. The number of nitrogens with one attached hydrogen (secondary N) is 3. The number of sulfonamides is 1. The number of halogens is 1. The summed E-state index contributed by atoms with van der Waals surface area (Å²) in [6, 6.07) is 13.9. The van der Waals surface area contributed by atoms with Crippen molar-refractivity contribution in [2.45, 2.75) is 12.8 Å². The Labute approximate surface area is 198 Å². The number of aromatic nitrogens is 2. The zero-order valence-electron chi connectivity index (χ0n) is 18.8. The van der Waals surface area contributed by atoms with Gasteiger partial charge in [0, 0.05) is 18.3 Å². The maximum absolute atomic E-state index is 14.4. The van der Waals surface area contributed by atoms with Crippen LogP contribution in [-0.2, 0) is 10.0 Å². The predicted molar refractivity (Wildman–Crippen MR) is 131 cm³/mol. The molecular formula is C23H27FN6O3S. The number of nitrogens with zero attached hydrogens (tertiary/aromatic N) is 3. The van der Waals surface area contributed by atoms with Crippen LogP contribution in [0.1, 0.15) is 12.8 Å². The monoisotopic (exact) mass is 486 g/mol. The molecule has 0 unspecified atom stereocenters. The molecule has 1 saturated heterocycles. The summed E-state index contributed by atoms with van der Waals surface area (Å²) in [5.41, 5.74) is 1.32. The Morgan fingerprint density at radius 3 is 2.59 bits per heavy atom. The molecule has 3 aromatic rings. The van der Waals surface area contributed by atoms with Crippen molar-refractivity contribution < 1.29 is 17.5 Å². The van der Waals surface area contributed by atoms with Gasteiger partial charge in [0.1, 0.15) is 12.4 Å². The smallest absolute Gasteiger partial charge is 0.229 e. The van der Waals surface area contributed by atoms with E-state index in [4.69, 9.17) is 4.74 Å². The number of para-hydroxylation sites is 2. The van der Waals surface area contributed by atoms with Crippen LogP contribution in [0.3, 0.4) is 0 Å². The molecule has 11 heteroatoms. The highest BCUT2D eigenvalue weighted by molar-refractivity contribution is 7.92. The van der Waals surface area contributed by atoms with E-state index in [2.05, 4.69) is 30.2 Å². The Morgan fingerprint density at radius 2 is 1.82 bits per heavy atom. The lowest BCUT2D eigenvalue weighted by Gasteiger charge is -2.15. The van der Waals surface area contributed by atoms with E-state index in [0.717, 1.165) is 32.1 Å². The van der Waals surface area contributed by atoms with Gasteiger partial charge in [-0.15, -0.1) is 0 Å². The second-order valence-electron chi connectivity index (χ2n) is 7.99. The second-order valence-corrected chi connectivity index (χ2v) is 9.73. The maximum atomic E-state index is 14.4. The summed E-state index contributed by atoms with van der Waals surface area (Å²) in [6.07, 6.45) is 4.57. The fourth-order valence-corrected chi connectivity index (χ4v) is 4.19. The van der Waals surface area contributed by atoms with E-state index >= 15 is 0 Å². The summed E-state index contributed by atoms with van der Waals surface area (Å²) in [5.74, 6) is 0.106. The minimum absolute atomic E-state index is 0.0988. The molecule has 180 valence electrons. The van der Waals surface area contributed by atoms with Gasteiger partial charge in [-0.3, -0.25) is 9.62 Å². The lowest BCUT2D eigenvalue weighted by Crippen LogP contribution is -2.25. The first kappa shape index (κ1) is 23.7. The van der Waals surface area contributed by atoms with Crippen LogP contribution in [-0.4, -0.2) is 55.8 Å². The zero-order valence-corrected chi connectivity index (χ0v) is 19.6. The third-order valence-corrected chi connectivity index (χ3v) is 5.78. The van der Waals surface area contributed by atoms with E-state index < -0.39 is 15.8 Å². The lowest BCUT2D eigenvalue weighted by atomic mass is 10.2. The maximum Gasteiger partial charge on any atom is 0.229 e. The van der Waals surface area contributed by atoms with Gasteiger partial charge < -0.3 is 15.4 Å². The van der Waals surface area contributed by atoms with E-state index in [0.29, 0.717) is 23.7 Å². The Hall–Kier alpha value is -3.44. The van der Waals surface area contributed by atoms with Gasteiger partial charge in [0.15, 0.2) is 11.6 Å². The molecule has 3 N–H and O–H groups in total. The first-order valence-corrected chi connectivity index (χ1v) is 12.8. The molecule has 9 nitrogen and oxygen atoms in total. The van der Waals surface area contributed by atoms with Crippen LogP contribution in [0.25, 0.3) is 0 Å². The van der Waals surface area contributed by atoms with Crippen molar-refractivity contribution in [2.75, 3.05) is 47.9 Å². The molecule has 0 bridgehead atoms. The molecule has 1 fully saturated rings. The number of hydrogen-bond acceptors (Lipinski definition) is 8. The molecule has 0 aliphatic carbocycles. The molecule has 4 rings (SSSR count). The van der Waals surface area contributed by atoms with Crippen LogP contribution in [0.5, 0.6) is 5.75 Å². The normalized spacial score (nSPS) is 14.1. The summed E-state index contributed by atoms with van der Waals surface area (Å²) >= 11 is 0. The topological polar surface area (TPSA) is 108 Å². The Morgan fingerprint density at radius 1 is 1.06 bits per heavy atom. The first-order chi connectivity index (χ1) is 16.4. The predicted octanol–water partition coefficient (Wildman–Crippen LogP) is 3.95. The fraction of sp³-hybridized carbons (Fsp3) is 0.304. The van der Waals surface area contributed by atoms with Gasteiger partial charge in [0.2, 0.25) is 16.0 Å². The Balaban J connectivity index is 1.44. The summed E-state index contributed by atoms with van der Waals surface area (Å²) in [5, 5.41) is 5.88. The number of likely N-dealkylation sites (tertiary alicyclic amines) is 1. The second kappa shape index (κ2) is 10.7. The molecule has 0 radical (unpaired) electrons. The zero-order chi connectivity index (χ0) is 24.0. The van der Waals surface area contributed by atoms with Gasteiger partial charge in [0.05, 0.1) is 23.8 Å². The van der Waals surface area contributed by atoms with E-state index in [1.807, 2.05) is 24.3 Å². The molecule has 0 atom stereocenters. The average molecular weight is 487 g/mol. The SMILES string of the molecule is CS(=O)(=O)Nc1ccccc1Nc1nc(Nc2cccc(OCCN3CCCC3)c2)ncc1F. The van der Waals surface area contributed by atoms with Crippen LogP contribution in [0.2, 0.25) is 0 Å². The lowest BCUT2D eigenvalue weighted by molar-refractivity contribution is 0.238. The standard InChI is InChI=1S/C23H27FN6O3S/c1-34(31,32)29-21-10-3-2-9-20(21)27-22-19(24)16-25-23(28-22)26-17-7-6-8-18(15-17)33-14-13-30-11-4-5-12-30/h2-3,6-10,15-16,29H,4-5,11-14H2,1H3,(H2,25,26,27,28). The largest absolute Gasteiger partial charge is 0.492 e. The van der Waals surface area contributed by atoms with Crippen LogP contribution in [0.15, 0.2) is 54.7 Å². The highest BCUT2D eigenvalue weighted by Crippen LogP contribution is 2.27. The van der Waals surface area contributed by atoms with Crippen molar-refractivity contribution in [3.05, 3.63) is 60.5 Å². The molecule has 1 aliphatic heterocycles. The van der Waals surface area contributed by atoms with Crippen LogP contribution < -0.4 is 20.1 Å². The summed E-state index contributed by atoms with van der Waals surface area (Å²) < 4.78 is 45.9. The number of rotatable bonds is 10. The highest BCUT2D eigenvalue weighted by atomic mass is 32.2. The van der Waals surface area contributed by atoms with Crippen LogP contribution >= 0.6 is 0 Å². The van der Waals surface area contributed by atoms with Gasteiger partial charge >= 0.3 is 0 Å². The number of hydrogen-bond donors (Lipinski definition) is 3. The van der Waals surface area contributed by atoms with Crippen molar-refractivity contribution in [1.29, 1.82) is 0 Å². The van der Waals surface area contributed by atoms with Crippen LogP contribution in [0.4, 0.5) is 33.2 Å². The molecule has 0 saturated carbocycles. The molecule has 2 aromatic carbocycles. The van der Waals surface area contributed by atoms with E-state index in [1.54, 1.807) is 24.3 Å². The van der Waals surface area contributed by atoms with E-state index in [9.17, 15) is 12.8 Å². The summed E-state index contributed by atoms with van der Waals surface area (Å²) in [7, 11) is -3.51. The molecular weight excluding hydrogens is 459 g/mol. The van der Waals surface area contributed by atoms with Gasteiger partial charge in [-0.05, 0) is 50.2 Å².